The van der Waals surface area contributed by atoms with Gasteiger partial charge in [0, 0.05) is 20.6 Å². The van der Waals surface area contributed by atoms with E-state index < -0.39 is 0 Å². The van der Waals surface area contributed by atoms with Crippen molar-refractivity contribution >= 4 is 5.69 Å². The molecule has 1 aromatic rings. The molecule has 0 unspecified atom stereocenters. The van der Waals surface area contributed by atoms with Crippen molar-refractivity contribution in [3.8, 4) is 0 Å². The molecule has 2 rings (SSSR count). The molecule has 0 fully saturated rings. The first-order chi connectivity index (χ1) is 6.18. The van der Waals surface area contributed by atoms with E-state index in [1.54, 1.807) is 0 Å². The van der Waals surface area contributed by atoms with Crippen LogP contribution in [0.25, 0.3) is 0 Å². The van der Waals surface area contributed by atoms with Gasteiger partial charge in [-0.25, -0.2) is 5.01 Å². The average molecular weight is 176 g/mol. The van der Waals surface area contributed by atoms with Crippen LogP contribution in [-0.4, -0.2) is 25.6 Å². The Bertz CT molecular complexity index is 320. The minimum atomic E-state index is 1.12. The Morgan fingerprint density at radius 1 is 1.23 bits per heavy atom. The van der Waals surface area contributed by atoms with Crippen LogP contribution in [-0.2, 0) is 6.42 Å². The third-order valence-corrected chi connectivity index (χ3v) is 2.81. The van der Waals surface area contributed by atoms with Crippen LogP contribution in [0.15, 0.2) is 18.2 Å². The van der Waals surface area contributed by atoms with Crippen molar-refractivity contribution < 1.29 is 0 Å². The van der Waals surface area contributed by atoms with Crippen LogP contribution in [0.3, 0.4) is 0 Å². The lowest BCUT2D eigenvalue weighted by Crippen LogP contribution is -2.41. The van der Waals surface area contributed by atoms with E-state index in [9.17, 15) is 0 Å². The van der Waals surface area contributed by atoms with Crippen molar-refractivity contribution in [2.24, 2.45) is 0 Å². The highest BCUT2D eigenvalue weighted by Gasteiger charge is 2.17. The summed E-state index contributed by atoms with van der Waals surface area (Å²) in [5.41, 5.74) is 4.15. The maximum atomic E-state index is 2.25. The molecule has 1 aromatic carbocycles. The van der Waals surface area contributed by atoms with Gasteiger partial charge in [0.1, 0.15) is 0 Å². The molecule has 0 saturated heterocycles. The second-order valence-electron chi connectivity index (χ2n) is 3.79. The van der Waals surface area contributed by atoms with Gasteiger partial charge in [-0.05, 0) is 30.5 Å². The Morgan fingerprint density at radius 2 is 2.00 bits per heavy atom. The Balaban J connectivity index is 2.45. The van der Waals surface area contributed by atoms with Gasteiger partial charge in [-0.2, -0.15) is 0 Å². The summed E-state index contributed by atoms with van der Waals surface area (Å²) in [7, 11) is 4.25. The lowest BCUT2D eigenvalue weighted by molar-refractivity contribution is 0.313. The van der Waals surface area contributed by atoms with Gasteiger partial charge in [-0.15, -0.1) is 0 Å². The minimum Gasteiger partial charge on any atom is -0.309 e. The smallest absolute Gasteiger partial charge is 0.0553 e. The Labute approximate surface area is 79.7 Å². The highest BCUT2D eigenvalue weighted by molar-refractivity contribution is 5.55. The number of nitrogens with zero attached hydrogens (tertiary/aromatic N) is 2. The van der Waals surface area contributed by atoms with Crippen molar-refractivity contribution in [3.05, 3.63) is 29.3 Å². The fourth-order valence-corrected chi connectivity index (χ4v) is 1.80. The molecular weight excluding hydrogens is 160 g/mol. The van der Waals surface area contributed by atoms with Crippen molar-refractivity contribution in [2.75, 3.05) is 25.6 Å². The topological polar surface area (TPSA) is 6.48 Å². The number of benzene rings is 1. The van der Waals surface area contributed by atoms with Gasteiger partial charge in [0.2, 0.25) is 0 Å². The molecule has 0 radical (unpaired) electrons. The second kappa shape index (κ2) is 3.04. The Morgan fingerprint density at radius 3 is 2.77 bits per heavy atom. The molecule has 0 amide bonds. The van der Waals surface area contributed by atoms with E-state index in [1.165, 1.54) is 16.8 Å². The van der Waals surface area contributed by atoms with Gasteiger partial charge < -0.3 is 5.01 Å². The van der Waals surface area contributed by atoms with Crippen LogP contribution in [0.5, 0.6) is 0 Å². The fourth-order valence-electron chi connectivity index (χ4n) is 1.80. The largest absolute Gasteiger partial charge is 0.309 e. The predicted molar refractivity (Wildman–Crippen MR) is 55.9 cm³/mol. The first-order valence-electron chi connectivity index (χ1n) is 4.73. The Kier molecular flexibility index (Phi) is 2.00. The van der Waals surface area contributed by atoms with E-state index in [-0.39, 0.29) is 0 Å². The molecule has 0 saturated carbocycles. The summed E-state index contributed by atoms with van der Waals surface area (Å²) < 4.78 is 0. The molecule has 0 N–H and O–H groups in total. The minimum absolute atomic E-state index is 1.12. The summed E-state index contributed by atoms with van der Waals surface area (Å²) in [6, 6.07) is 6.69. The lowest BCUT2D eigenvalue weighted by atomic mass is 10.0. The van der Waals surface area contributed by atoms with Gasteiger partial charge >= 0.3 is 0 Å². The first-order valence-corrected chi connectivity index (χ1v) is 4.73. The molecule has 13 heavy (non-hydrogen) atoms. The number of anilines is 1. The summed E-state index contributed by atoms with van der Waals surface area (Å²) in [6.07, 6.45) is 1.16. The third-order valence-electron chi connectivity index (χ3n) is 2.81. The number of aryl methyl sites for hydroxylation is 1. The van der Waals surface area contributed by atoms with Gasteiger partial charge in [0.15, 0.2) is 0 Å². The zero-order valence-corrected chi connectivity index (χ0v) is 8.54. The van der Waals surface area contributed by atoms with Crippen LogP contribution in [0.2, 0.25) is 0 Å². The van der Waals surface area contributed by atoms with Gasteiger partial charge in [0.05, 0.1) is 5.69 Å². The molecule has 0 atom stereocenters. The van der Waals surface area contributed by atoms with E-state index in [1.807, 2.05) is 0 Å². The highest BCUT2D eigenvalue weighted by Crippen LogP contribution is 2.26. The molecule has 2 heteroatoms. The predicted octanol–water partition coefficient (Wildman–Crippen LogP) is 1.83. The van der Waals surface area contributed by atoms with Gasteiger partial charge in [0.25, 0.3) is 0 Å². The molecule has 2 nitrogen and oxygen atoms in total. The quantitative estimate of drug-likeness (QED) is 0.595. The fraction of sp³-hybridized carbons (Fsp3) is 0.455. The van der Waals surface area contributed by atoms with Crippen LogP contribution >= 0.6 is 0 Å². The van der Waals surface area contributed by atoms with Gasteiger partial charge in [-0.3, -0.25) is 0 Å². The summed E-state index contributed by atoms with van der Waals surface area (Å²) in [5, 5.41) is 4.48. The zero-order valence-electron chi connectivity index (χ0n) is 8.54. The molecule has 70 valence electrons. The maximum absolute atomic E-state index is 2.25. The zero-order chi connectivity index (χ0) is 9.42. The first kappa shape index (κ1) is 8.57. The number of hydrogen-bond acceptors (Lipinski definition) is 2. The maximum Gasteiger partial charge on any atom is 0.0553 e. The highest BCUT2D eigenvalue weighted by atomic mass is 15.6. The SMILES string of the molecule is Cc1ccc2c(c1)N(C)N(C)CC2. The molecule has 0 bridgehead atoms. The molecule has 0 aliphatic carbocycles. The monoisotopic (exact) mass is 176 g/mol. The number of fused-ring (bicyclic) bond motifs is 1. The Hall–Kier alpha value is -1.02. The number of rotatable bonds is 0. The summed E-state index contributed by atoms with van der Waals surface area (Å²) in [4.78, 5) is 0. The van der Waals surface area contributed by atoms with Crippen molar-refractivity contribution in [1.82, 2.24) is 5.01 Å². The lowest BCUT2D eigenvalue weighted by Gasteiger charge is -2.36. The van der Waals surface area contributed by atoms with E-state index in [0.717, 1.165) is 13.0 Å². The molecule has 0 aromatic heterocycles. The average Bonchev–Trinajstić information content (AvgIpc) is 2.12. The van der Waals surface area contributed by atoms with Crippen molar-refractivity contribution in [2.45, 2.75) is 13.3 Å². The molecule has 1 aliphatic rings. The van der Waals surface area contributed by atoms with E-state index >= 15 is 0 Å². The van der Waals surface area contributed by atoms with Crippen LogP contribution < -0.4 is 5.01 Å². The number of likely N-dealkylation sites (N-methyl/N-ethyl adjacent to an activating group) is 1. The van der Waals surface area contributed by atoms with Crippen LogP contribution in [0, 0.1) is 6.92 Å². The van der Waals surface area contributed by atoms with Crippen molar-refractivity contribution in [3.63, 3.8) is 0 Å². The summed E-state index contributed by atoms with van der Waals surface area (Å²) in [6.45, 7) is 3.26. The summed E-state index contributed by atoms with van der Waals surface area (Å²) >= 11 is 0. The van der Waals surface area contributed by atoms with E-state index in [2.05, 4.69) is 49.2 Å². The second-order valence-corrected chi connectivity index (χ2v) is 3.79. The molecule has 0 spiro atoms. The molecule has 1 aliphatic heterocycles. The normalized spacial score (nSPS) is 17.3. The summed E-state index contributed by atoms with van der Waals surface area (Å²) in [5.74, 6) is 0. The van der Waals surface area contributed by atoms with Crippen LogP contribution in [0.4, 0.5) is 5.69 Å². The van der Waals surface area contributed by atoms with Gasteiger partial charge in [-0.1, -0.05) is 12.1 Å². The van der Waals surface area contributed by atoms with E-state index in [0.29, 0.717) is 0 Å². The molecular formula is C11H16N2. The standard InChI is InChI=1S/C11H16N2/c1-9-4-5-10-6-7-12(2)13(3)11(10)8-9/h4-5,8H,6-7H2,1-3H3. The van der Waals surface area contributed by atoms with E-state index in [4.69, 9.17) is 0 Å². The van der Waals surface area contributed by atoms with Crippen molar-refractivity contribution in [1.29, 1.82) is 0 Å². The van der Waals surface area contributed by atoms with Crippen LogP contribution in [0.1, 0.15) is 11.1 Å². The third kappa shape index (κ3) is 1.42. The molecule has 1 heterocycles. The number of hydrazine groups is 1. The number of hydrogen-bond donors (Lipinski definition) is 0.